The molecule has 96 valence electrons. The number of piperidine rings is 1. The number of rotatable bonds is 4. The normalized spacial score (nSPS) is 27.5. The van der Waals surface area contributed by atoms with Crippen molar-refractivity contribution in [3.8, 4) is 0 Å². The van der Waals surface area contributed by atoms with Gasteiger partial charge in [0.2, 0.25) is 5.91 Å². The molecule has 2 aliphatic rings. The lowest BCUT2D eigenvalue weighted by Crippen LogP contribution is -2.50. The van der Waals surface area contributed by atoms with Gasteiger partial charge in [0, 0.05) is 18.5 Å². The van der Waals surface area contributed by atoms with Crippen LogP contribution in [0.2, 0.25) is 0 Å². The highest BCUT2D eigenvalue weighted by molar-refractivity contribution is 5.82. The lowest BCUT2D eigenvalue weighted by Gasteiger charge is -2.35. The van der Waals surface area contributed by atoms with Crippen molar-refractivity contribution in [1.29, 1.82) is 0 Å². The molecule has 0 aromatic rings. The van der Waals surface area contributed by atoms with Crippen molar-refractivity contribution in [2.75, 3.05) is 13.1 Å². The SMILES string of the molecule is CC(=O)C1CCCN(C(C)C(=O)NC2CC2)C1. The first kappa shape index (κ1) is 12.6. The van der Waals surface area contributed by atoms with Gasteiger partial charge in [0.1, 0.15) is 5.78 Å². The average Bonchev–Trinajstić information content (AvgIpc) is 3.12. The third-order valence-electron chi connectivity index (χ3n) is 3.88. The molecule has 1 saturated carbocycles. The second-order valence-electron chi connectivity index (χ2n) is 5.40. The van der Waals surface area contributed by atoms with Gasteiger partial charge in [-0.25, -0.2) is 0 Å². The number of amides is 1. The highest BCUT2D eigenvalue weighted by atomic mass is 16.2. The molecule has 2 fully saturated rings. The van der Waals surface area contributed by atoms with Gasteiger partial charge in [0.15, 0.2) is 0 Å². The second kappa shape index (κ2) is 5.17. The largest absolute Gasteiger partial charge is 0.352 e. The molecule has 2 atom stereocenters. The van der Waals surface area contributed by atoms with Crippen molar-refractivity contribution >= 4 is 11.7 Å². The minimum absolute atomic E-state index is 0.0993. The highest BCUT2D eigenvalue weighted by Crippen LogP contribution is 2.21. The Hall–Kier alpha value is -0.900. The molecular weight excluding hydrogens is 216 g/mol. The number of nitrogens with zero attached hydrogens (tertiary/aromatic N) is 1. The Morgan fingerprint density at radius 1 is 1.29 bits per heavy atom. The van der Waals surface area contributed by atoms with E-state index in [4.69, 9.17) is 0 Å². The molecule has 1 saturated heterocycles. The van der Waals surface area contributed by atoms with Crippen LogP contribution in [-0.4, -0.2) is 41.8 Å². The van der Waals surface area contributed by atoms with Crippen molar-refractivity contribution in [2.45, 2.75) is 51.6 Å². The Kier molecular flexibility index (Phi) is 3.82. The summed E-state index contributed by atoms with van der Waals surface area (Å²) in [6.45, 7) is 5.28. The molecule has 2 unspecified atom stereocenters. The van der Waals surface area contributed by atoms with Gasteiger partial charge in [0.05, 0.1) is 6.04 Å². The maximum absolute atomic E-state index is 11.9. The van der Waals surface area contributed by atoms with Crippen LogP contribution in [0.25, 0.3) is 0 Å². The summed E-state index contributed by atoms with van der Waals surface area (Å²) in [5.41, 5.74) is 0. The standard InChI is InChI=1S/C13H22N2O2/c1-9(13(17)14-12-5-6-12)15-7-3-4-11(8-15)10(2)16/h9,11-12H,3-8H2,1-2H3,(H,14,17). The summed E-state index contributed by atoms with van der Waals surface area (Å²) in [7, 11) is 0. The molecule has 4 nitrogen and oxygen atoms in total. The average molecular weight is 238 g/mol. The van der Waals surface area contributed by atoms with Crippen molar-refractivity contribution in [2.24, 2.45) is 5.92 Å². The molecule has 17 heavy (non-hydrogen) atoms. The highest BCUT2D eigenvalue weighted by Gasteiger charge is 2.31. The van der Waals surface area contributed by atoms with Crippen molar-refractivity contribution < 1.29 is 9.59 Å². The third kappa shape index (κ3) is 3.28. The van der Waals surface area contributed by atoms with E-state index in [1.165, 1.54) is 0 Å². The summed E-state index contributed by atoms with van der Waals surface area (Å²) in [5.74, 6) is 0.501. The zero-order valence-corrected chi connectivity index (χ0v) is 10.7. The van der Waals surface area contributed by atoms with E-state index in [-0.39, 0.29) is 23.7 Å². The zero-order valence-electron chi connectivity index (χ0n) is 10.7. The predicted octanol–water partition coefficient (Wildman–Crippen LogP) is 0.954. The summed E-state index contributed by atoms with van der Waals surface area (Å²) in [5, 5.41) is 3.03. The molecule has 1 aliphatic heterocycles. The number of likely N-dealkylation sites (tertiary alicyclic amines) is 1. The van der Waals surface area contributed by atoms with Gasteiger partial charge < -0.3 is 5.32 Å². The van der Waals surface area contributed by atoms with E-state index in [1.54, 1.807) is 6.92 Å². The predicted molar refractivity (Wildman–Crippen MR) is 65.6 cm³/mol. The van der Waals surface area contributed by atoms with Gasteiger partial charge >= 0.3 is 0 Å². The molecule has 2 rings (SSSR count). The van der Waals surface area contributed by atoms with Crippen LogP contribution in [0.15, 0.2) is 0 Å². The summed E-state index contributed by atoms with van der Waals surface area (Å²) in [6.07, 6.45) is 4.23. The Morgan fingerprint density at radius 3 is 2.59 bits per heavy atom. The zero-order chi connectivity index (χ0) is 12.4. The topological polar surface area (TPSA) is 49.4 Å². The minimum Gasteiger partial charge on any atom is -0.352 e. The minimum atomic E-state index is -0.0993. The van der Waals surface area contributed by atoms with Crippen LogP contribution in [0.4, 0.5) is 0 Å². The fourth-order valence-corrected chi connectivity index (χ4v) is 2.41. The van der Waals surface area contributed by atoms with Gasteiger partial charge in [-0.2, -0.15) is 0 Å². The lowest BCUT2D eigenvalue weighted by atomic mass is 9.93. The molecule has 4 heteroatoms. The van der Waals surface area contributed by atoms with E-state index in [0.29, 0.717) is 6.04 Å². The first-order valence-corrected chi connectivity index (χ1v) is 6.63. The summed E-state index contributed by atoms with van der Waals surface area (Å²) < 4.78 is 0. The first-order chi connectivity index (χ1) is 8.08. The number of hydrogen-bond acceptors (Lipinski definition) is 3. The number of hydrogen-bond donors (Lipinski definition) is 1. The third-order valence-corrected chi connectivity index (χ3v) is 3.88. The lowest BCUT2D eigenvalue weighted by molar-refractivity contribution is -0.129. The van der Waals surface area contributed by atoms with E-state index in [1.807, 2.05) is 6.92 Å². The molecule has 1 N–H and O–H groups in total. The van der Waals surface area contributed by atoms with Crippen LogP contribution < -0.4 is 5.32 Å². The molecular formula is C13H22N2O2. The molecule has 1 heterocycles. The smallest absolute Gasteiger partial charge is 0.237 e. The van der Waals surface area contributed by atoms with E-state index >= 15 is 0 Å². The fourth-order valence-electron chi connectivity index (χ4n) is 2.41. The molecule has 0 spiro atoms. The van der Waals surface area contributed by atoms with E-state index in [0.717, 1.165) is 38.8 Å². The van der Waals surface area contributed by atoms with Crippen molar-refractivity contribution in [3.05, 3.63) is 0 Å². The van der Waals surface area contributed by atoms with E-state index in [9.17, 15) is 9.59 Å². The number of Topliss-reactive ketones (excluding diaryl/α,β-unsaturated/α-hetero) is 1. The second-order valence-corrected chi connectivity index (χ2v) is 5.40. The molecule has 0 bridgehead atoms. The van der Waals surface area contributed by atoms with Crippen LogP contribution in [0.1, 0.15) is 39.5 Å². The summed E-state index contributed by atoms with van der Waals surface area (Å²) in [6, 6.07) is 0.316. The van der Waals surface area contributed by atoms with Crippen LogP contribution in [-0.2, 0) is 9.59 Å². The fraction of sp³-hybridized carbons (Fsp3) is 0.846. The number of nitrogens with one attached hydrogen (secondary N) is 1. The van der Waals surface area contributed by atoms with Crippen LogP contribution in [0.3, 0.4) is 0 Å². The molecule has 1 aliphatic carbocycles. The summed E-state index contributed by atoms with van der Waals surface area (Å²) in [4.78, 5) is 25.5. The van der Waals surface area contributed by atoms with Gasteiger partial charge in [-0.1, -0.05) is 0 Å². The quantitative estimate of drug-likeness (QED) is 0.793. The number of ketones is 1. The van der Waals surface area contributed by atoms with E-state index in [2.05, 4.69) is 10.2 Å². The van der Waals surface area contributed by atoms with E-state index < -0.39 is 0 Å². The van der Waals surface area contributed by atoms with Crippen molar-refractivity contribution in [1.82, 2.24) is 10.2 Å². The van der Waals surface area contributed by atoms with Crippen LogP contribution >= 0.6 is 0 Å². The van der Waals surface area contributed by atoms with Gasteiger partial charge in [0.25, 0.3) is 0 Å². The Bertz CT molecular complexity index is 313. The molecule has 0 aromatic heterocycles. The number of carbonyl (C=O) groups excluding carboxylic acids is 2. The van der Waals surface area contributed by atoms with Gasteiger partial charge in [-0.3, -0.25) is 14.5 Å². The Morgan fingerprint density at radius 2 is 2.00 bits per heavy atom. The van der Waals surface area contributed by atoms with Crippen LogP contribution in [0, 0.1) is 5.92 Å². The Balaban J connectivity index is 1.86. The molecule has 1 amide bonds. The maximum atomic E-state index is 11.9. The van der Waals surface area contributed by atoms with Gasteiger partial charge in [-0.05, 0) is 46.1 Å². The monoisotopic (exact) mass is 238 g/mol. The van der Waals surface area contributed by atoms with Gasteiger partial charge in [-0.15, -0.1) is 0 Å². The first-order valence-electron chi connectivity index (χ1n) is 6.63. The Labute approximate surface area is 103 Å². The number of carbonyl (C=O) groups is 2. The summed E-state index contributed by atoms with van der Waals surface area (Å²) >= 11 is 0. The van der Waals surface area contributed by atoms with Crippen molar-refractivity contribution in [3.63, 3.8) is 0 Å². The molecule has 0 radical (unpaired) electrons. The maximum Gasteiger partial charge on any atom is 0.237 e. The molecule has 0 aromatic carbocycles. The van der Waals surface area contributed by atoms with Crippen LogP contribution in [0.5, 0.6) is 0 Å².